The van der Waals surface area contributed by atoms with Gasteiger partial charge in [0.2, 0.25) is 0 Å². The molecule has 1 aromatic rings. The Balaban J connectivity index is 2.68. The zero-order valence-electron chi connectivity index (χ0n) is 9.31. The molecule has 0 saturated heterocycles. The third-order valence-corrected chi connectivity index (χ3v) is 2.01. The molecule has 0 aliphatic rings. The van der Waals surface area contributed by atoms with Crippen LogP contribution in [0.4, 0.5) is 26.3 Å². The Morgan fingerprint density at radius 2 is 1.74 bits per heavy atom. The molecule has 0 amide bonds. The summed E-state index contributed by atoms with van der Waals surface area (Å²) >= 11 is 0. The molecule has 0 heterocycles. The fraction of sp³-hybridized carbons (Fsp3) is 0.364. The number of hydrogen-bond acceptors (Lipinski definition) is 2. The fourth-order valence-corrected chi connectivity index (χ4v) is 1.21. The van der Waals surface area contributed by atoms with Gasteiger partial charge in [-0.2, -0.15) is 26.3 Å². The maximum atomic E-state index is 12.3. The molecule has 0 saturated carbocycles. The minimum absolute atomic E-state index is 0.350. The number of alkyl halides is 6. The third-order valence-electron chi connectivity index (χ3n) is 2.01. The number of halogens is 6. The average Bonchev–Trinajstić information content (AvgIpc) is 2.26. The van der Waals surface area contributed by atoms with Crippen LogP contribution in [0.25, 0.3) is 0 Å². The Morgan fingerprint density at radius 1 is 1.11 bits per heavy atom. The van der Waals surface area contributed by atoms with Gasteiger partial charge in [0.1, 0.15) is 13.2 Å². The Hall–Kier alpha value is -1.57. The Labute approximate surface area is 104 Å². The highest BCUT2D eigenvalue weighted by atomic mass is 19.4. The van der Waals surface area contributed by atoms with E-state index in [1.54, 1.807) is 0 Å². The average molecular weight is 286 g/mol. The van der Waals surface area contributed by atoms with Crippen LogP contribution < -0.4 is 0 Å². The number of hydrogen-bond donors (Lipinski definition) is 0. The van der Waals surface area contributed by atoms with E-state index < -0.39 is 36.9 Å². The van der Waals surface area contributed by atoms with E-state index in [9.17, 15) is 31.1 Å². The summed E-state index contributed by atoms with van der Waals surface area (Å²) in [6.07, 6.45) is -9.21. The van der Waals surface area contributed by atoms with Crippen LogP contribution in [0.15, 0.2) is 24.3 Å². The summed E-state index contributed by atoms with van der Waals surface area (Å²) in [5.41, 5.74) is -1.40. The highest BCUT2D eigenvalue weighted by molar-refractivity contribution is 5.97. The third kappa shape index (κ3) is 5.29. The van der Waals surface area contributed by atoms with E-state index in [1.165, 1.54) is 0 Å². The first-order chi connectivity index (χ1) is 8.59. The number of benzene rings is 1. The normalized spacial score (nSPS) is 12.5. The van der Waals surface area contributed by atoms with E-state index in [0.29, 0.717) is 6.07 Å². The quantitative estimate of drug-likeness (QED) is 0.626. The van der Waals surface area contributed by atoms with Crippen molar-refractivity contribution >= 4 is 5.78 Å². The molecule has 8 heteroatoms. The molecule has 1 aromatic carbocycles. The van der Waals surface area contributed by atoms with Gasteiger partial charge in [0, 0.05) is 5.56 Å². The lowest BCUT2D eigenvalue weighted by molar-refractivity contribution is -0.170. The summed E-state index contributed by atoms with van der Waals surface area (Å²) in [4.78, 5) is 11.4. The molecule has 106 valence electrons. The van der Waals surface area contributed by atoms with Gasteiger partial charge in [0.05, 0.1) is 5.56 Å². The van der Waals surface area contributed by atoms with Crippen LogP contribution >= 0.6 is 0 Å². The summed E-state index contributed by atoms with van der Waals surface area (Å²) in [5, 5.41) is 0. The van der Waals surface area contributed by atoms with E-state index >= 15 is 0 Å². The predicted molar refractivity (Wildman–Crippen MR) is 52.6 cm³/mol. The van der Waals surface area contributed by atoms with Gasteiger partial charge in [-0.15, -0.1) is 0 Å². The largest absolute Gasteiger partial charge is 0.416 e. The maximum Gasteiger partial charge on any atom is 0.416 e. The standard InChI is InChI=1S/C11H8F6O2/c12-10(13,14)6-19-5-9(18)7-2-1-3-8(4-7)11(15,16)17/h1-4H,5-6H2. The molecule has 0 radical (unpaired) electrons. The zero-order chi connectivity index (χ0) is 14.7. The van der Waals surface area contributed by atoms with E-state index in [-0.39, 0.29) is 5.56 Å². The van der Waals surface area contributed by atoms with Crippen LogP contribution in [0.2, 0.25) is 0 Å². The second-order valence-corrected chi connectivity index (χ2v) is 3.61. The van der Waals surface area contributed by atoms with Gasteiger partial charge in [-0.1, -0.05) is 12.1 Å². The summed E-state index contributed by atoms with van der Waals surface area (Å²) < 4.78 is 76.4. The lowest BCUT2D eigenvalue weighted by Crippen LogP contribution is -2.20. The molecule has 0 aliphatic carbocycles. The first kappa shape index (κ1) is 15.5. The number of carbonyl (C=O) groups excluding carboxylic acids is 1. The highest BCUT2D eigenvalue weighted by Crippen LogP contribution is 2.29. The molecular weight excluding hydrogens is 278 g/mol. The zero-order valence-corrected chi connectivity index (χ0v) is 9.31. The van der Waals surface area contributed by atoms with Crippen LogP contribution in [-0.2, 0) is 10.9 Å². The lowest BCUT2D eigenvalue weighted by Gasteiger charge is -2.09. The van der Waals surface area contributed by atoms with Crippen molar-refractivity contribution in [3.63, 3.8) is 0 Å². The van der Waals surface area contributed by atoms with Gasteiger partial charge < -0.3 is 4.74 Å². The first-order valence-corrected chi connectivity index (χ1v) is 4.94. The van der Waals surface area contributed by atoms with Crippen LogP contribution in [0.3, 0.4) is 0 Å². The second-order valence-electron chi connectivity index (χ2n) is 3.61. The molecule has 0 unspecified atom stereocenters. The smallest absolute Gasteiger partial charge is 0.364 e. The molecule has 0 aliphatic heterocycles. The van der Waals surface area contributed by atoms with Gasteiger partial charge in [-0.05, 0) is 12.1 Å². The number of carbonyl (C=O) groups is 1. The Kier molecular flexibility index (Phi) is 4.56. The Bertz CT molecular complexity index is 449. The first-order valence-electron chi connectivity index (χ1n) is 4.94. The number of rotatable bonds is 4. The van der Waals surface area contributed by atoms with E-state index in [2.05, 4.69) is 4.74 Å². The molecule has 0 spiro atoms. The van der Waals surface area contributed by atoms with Crippen LogP contribution in [0, 0.1) is 0 Å². The van der Waals surface area contributed by atoms with Crippen LogP contribution in [-0.4, -0.2) is 25.2 Å². The Morgan fingerprint density at radius 3 is 2.26 bits per heavy atom. The van der Waals surface area contributed by atoms with E-state index in [0.717, 1.165) is 18.2 Å². The van der Waals surface area contributed by atoms with E-state index in [4.69, 9.17) is 0 Å². The van der Waals surface area contributed by atoms with Crippen molar-refractivity contribution in [3.8, 4) is 0 Å². The lowest BCUT2D eigenvalue weighted by atomic mass is 10.1. The topological polar surface area (TPSA) is 26.3 Å². The van der Waals surface area contributed by atoms with Crippen molar-refractivity contribution in [3.05, 3.63) is 35.4 Å². The SMILES string of the molecule is O=C(COCC(F)(F)F)c1cccc(C(F)(F)F)c1. The molecular formula is C11H8F6O2. The molecule has 2 nitrogen and oxygen atoms in total. The van der Waals surface area contributed by atoms with Crippen molar-refractivity contribution in [2.24, 2.45) is 0 Å². The van der Waals surface area contributed by atoms with Crippen molar-refractivity contribution in [1.82, 2.24) is 0 Å². The summed E-state index contributed by atoms with van der Waals surface area (Å²) in [5.74, 6) is -0.949. The monoisotopic (exact) mass is 286 g/mol. The maximum absolute atomic E-state index is 12.3. The van der Waals surface area contributed by atoms with Crippen LogP contribution in [0.5, 0.6) is 0 Å². The predicted octanol–water partition coefficient (Wildman–Crippen LogP) is 3.47. The van der Waals surface area contributed by atoms with Crippen molar-refractivity contribution in [2.75, 3.05) is 13.2 Å². The van der Waals surface area contributed by atoms with Gasteiger partial charge in [-0.3, -0.25) is 4.79 Å². The van der Waals surface area contributed by atoms with Crippen LogP contribution in [0.1, 0.15) is 15.9 Å². The van der Waals surface area contributed by atoms with Crippen molar-refractivity contribution in [1.29, 1.82) is 0 Å². The molecule has 0 N–H and O–H groups in total. The highest BCUT2D eigenvalue weighted by Gasteiger charge is 2.31. The summed E-state index contributed by atoms with van der Waals surface area (Å²) in [6, 6.07) is 3.40. The summed E-state index contributed by atoms with van der Waals surface area (Å²) in [7, 11) is 0. The molecule has 0 bridgehead atoms. The molecule has 19 heavy (non-hydrogen) atoms. The van der Waals surface area contributed by atoms with Gasteiger partial charge >= 0.3 is 12.4 Å². The number of ether oxygens (including phenoxy) is 1. The van der Waals surface area contributed by atoms with Crippen molar-refractivity contribution < 1.29 is 35.9 Å². The second kappa shape index (κ2) is 5.60. The molecule has 1 rings (SSSR count). The van der Waals surface area contributed by atoms with Gasteiger partial charge in [0.15, 0.2) is 5.78 Å². The molecule has 0 fully saturated rings. The number of ketones is 1. The van der Waals surface area contributed by atoms with Crippen molar-refractivity contribution in [2.45, 2.75) is 12.4 Å². The summed E-state index contributed by atoms with van der Waals surface area (Å²) in [6.45, 7) is -2.56. The molecule has 0 aromatic heterocycles. The minimum atomic E-state index is -4.62. The fourth-order valence-electron chi connectivity index (χ4n) is 1.21. The van der Waals surface area contributed by atoms with E-state index in [1.807, 2.05) is 0 Å². The van der Waals surface area contributed by atoms with Gasteiger partial charge in [0.25, 0.3) is 0 Å². The minimum Gasteiger partial charge on any atom is -0.364 e. The molecule has 0 atom stereocenters. The van der Waals surface area contributed by atoms with Gasteiger partial charge in [-0.25, -0.2) is 0 Å². The number of Topliss-reactive ketones (excluding diaryl/α,β-unsaturated/α-hetero) is 1.